The zero-order chi connectivity index (χ0) is 10.7. The van der Waals surface area contributed by atoms with E-state index in [0.29, 0.717) is 16.6 Å². The van der Waals surface area contributed by atoms with Crippen LogP contribution in [0.1, 0.15) is 18.9 Å². The summed E-state index contributed by atoms with van der Waals surface area (Å²) in [5.74, 6) is -0.886. The number of aromatic nitrogens is 2. The number of aryl methyl sites for hydroxylation is 1. The maximum Gasteiger partial charge on any atom is 0.331 e. The second-order valence-corrected chi connectivity index (χ2v) is 3.63. The third kappa shape index (κ3) is 2.45. The van der Waals surface area contributed by atoms with Crippen LogP contribution in [0.25, 0.3) is 6.08 Å². The molecule has 1 aromatic heterocycles. The molecule has 0 atom stereocenters. The van der Waals surface area contributed by atoms with E-state index in [1.165, 1.54) is 0 Å². The van der Waals surface area contributed by atoms with Crippen molar-refractivity contribution < 1.29 is 9.90 Å². The van der Waals surface area contributed by atoms with Crippen molar-refractivity contribution >= 4 is 28.0 Å². The lowest BCUT2D eigenvalue weighted by atomic mass is 10.1. The predicted molar refractivity (Wildman–Crippen MR) is 56.8 cm³/mol. The van der Waals surface area contributed by atoms with E-state index >= 15 is 0 Å². The summed E-state index contributed by atoms with van der Waals surface area (Å²) in [4.78, 5) is 10.7. The zero-order valence-corrected chi connectivity index (χ0v) is 9.58. The van der Waals surface area contributed by atoms with Gasteiger partial charge in [0.25, 0.3) is 0 Å². The van der Waals surface area contributed by atoms with Gasteiger partial charge in [-0.25, -0.2) is 4.79 Å². The molecule has 1 aromatic rings. The first kappa shape index (κ1) is 11.0. The normalized spacial score (nSPS) is 11.8. The largest absolute Gasteiger partial charge is 0.478 e. The van der Waals surface area contributed by atoms with Crippen LogP contribution in [-0.4, -0.2) is 20.9 Å². The van der Waals surface area contributed by atoms with Gasteiger partial charge in [-0.3, -0.25) is 4.68 Å². The number of carboxylic acid groups (broad SMARTS) is 1. The third-order valence-corrected chi connectivity index (χ3v) is 2.41. The van der Waals surface area contributed by atoms with E-state index in [1.807, 2.05) is 6.92 Å². The molecular formula is C9H11BrN2O2. The van der Waals surface area contributed by atoms with Crippen LogP contribution >= 0.6 is 15.9 Å². The Labute approximate surface area is 90.4 Å². The highest BCUT2D eigenvalue weighted by atomic mass is 79.9. The van der Waals surface area contributed by atoms with Crippen LogP contribution in [0, 0.1) is 0 Å². The predicted octanol–water partition coefficient (Wildman–Crippen LogP) is 2.06. The highest BCUT2D eigenvalue weighted by Gasteiger charge is 2.07. The van der Waals surface area contributed by atoms with Gasteiger partial charge in [-0.1, -0.05) is 6.92 Å². The van der Waals surface area contributed by atoms with Gasteiger partial charge in [0, 0.05) is 24.4 Å². The van der Waals surface area contributed by atoms with Crippen molar-refractivity contribution in [3.05, 3.63) is 21.9 Å². The summed E-state index contributed by atoms with van der Waals surface area (Å²) in [6.07, 6.45) is 3.89. The Bertz CT molecular complexity index is 382. The van der Waals surface area contributed by atoms with Crippen LogP contribution in [0.3, 0.4) is 0 Å². The smallest absolute Gasteiger partial charge is 0.331 e. The highest BCUT2D eigenvalue weighted by molar-refractivity contribution is 9.10. The molecule has 0 fully saturated rings. The number of rotatable bonds is 3. The lowest BCUT2D eigenvalue weighted by molar-refractivity contribution is -0.132. The average molecular weight is 259 g/mol. The van der Waals surface area contributed by atoms with Crippen molar-refractivity contribution in [1.29, 1.82) is 0 Å². The van der Waals surface area contributed by atoms with E-state index in [2.05, 4.69) is 21.0 Å². The molecule has 0 aliphatic rings. The van der Waals surface area contributed by atoms with Crippen LogP contribution in [0.15, 0.2) is 16.4 Å². The quantitative estimate of drug-likeness (QED) is 0.845. The molecular weight excluding hydrogens is 248 g/mol. The van der Waals surface area contributed by atoms with Crippen LogP contribution in [-0.2, 0) is 11.8 Å². The fourth-order valence-corrected chi connectivity index (χ4v) is 1.55. The summed E-state index contributed by atoms with van der Waals surface area (Å²) >= 11 is 3.25. The van der Waals surface area contributed by atoms with E-state index in [4.69, 9.17) is 5.11 Å². The van der Waals surface area contributed by atoms with Gasteiger partial charge in [-0.05, 0) is 28.4 Å². The molecule has 0 saturated carbocycles. The summed E-state index contributed by atoms with van der Waals surface area (Å²) in [6.45, 7) is 1.81. The maximum atomic E-state index is 10.7. The molecule has 1 heterocycles. The molecule has 14 heavy (non-hydrogen) atoms. The second-order valence-electron chi connectivity index (χ2n) is 2.88. The van der Waals surface area contributed by atoms with Crippen molar-refractivity contribution in [1.82, 2.24) is 9.78 Å². The first-order valence-electron chi connectivity index (χ1n) is 4.17. The summed E-state index contributed by atoms with van der Waals surface area (Å²) in [7, 11) is 1.79. The summed E-state index contributed by atoms with van der Waals surface area (Å²) in [5.41, 5.74) is 1.16. The van der Waals surface area contributed by atoms with E-state index in [9.17, 15) is 4.79 Å². The van der Waals surface area contributed by atoms with Gasteiger partial charge in [0.1, 0.15) is 4.60 Å². The lowest BCUT2D eigenvalue weighted by Crippen LogP contribution is -1.98. The Balaban J connectivity index is 3.06. The number of hydrogen-bond acceptors (Lipinski definition) is 2. The average Bonchev–Trinajstić information content (AvgIpc) is 2.40. The summed E-state index contributed by atoms with van der Waals surface area (Å²) < 4.78 is 2.29. The van der Waals surface area contributed by atoms with Gasteiger partial charge in [-0.2, -0.15) is 5.10 Å². The van der Waals surface area contributed by atoms with Crippen LogP contribution in [0.2, 0.25) is 0 Å². The number of nitrogens with zero attached hydrogens (tertiary/aromatic N) is 2. The van der Waals surface area contributed by atoms with E-state index in [-0.39, 0.29) is 0 Å². The molecule has 1 N–H and O–H groups in total. The summed E-state index contributed by atoms with van der Waals surface area (Å²) in [6, 6.07) is 0. The molecule has 0 amide bonds. The SMILES string of the molecule is CC/C(=C\c1cn(C)nc1Br)C(=O)O. The number of carbonyl (C=O) groups is 1. The topological polar surface area (TPSA) is 55.1 Å². The molecule has 0 unspecified atom stereocenters. The molecule has 0 spiro atoms. The minimum atomic E-state index is -0.886. The van der Waals surface area contributed by atoms with E-state index in [1.54, 1.807) is 24.0 Å². The molecule has 0 aliphatic heterocycles. The maximum absolute atomic E-state index is 10.7. The van der Waals surface area contributed by atoms with Gasteiger partial charge >= 0.3 is 5.97 Å². The molecule has 0 aromatic carbocycles. The first-order valence-corrected chi connectivity index (χ1v) is 4.97. The fourth-order valence-electron chi connectivity index (χ4n) is 1.08. The first-order chi connectivity index (χ1) is 6.54. The van der Waals surface area contributed by atoms with Gasteiger partial charge in [0.05, 0.1) is 0 Å². The standard InChI is InChI=1S/C9H11BrN2O2/c1-3-6(9(13)14)4-7-5-12(2)11-8(7)10/h4-5H,3H2,1-2H3,(H,13,14)/b6-4+. The van der Waals surface area contributed by atoms with Crippen molar-refractivity contribution in [3.8, 4) is 0 Å². The van der Waals surface area contributed by atoms with Gasteiger partial charge in [0.15, 0.2) is 0 Å². The Morgan fingerprint density at radius 2 is 2.43 bits per heavy atom. The Hall–Kier alpha value is -1.10. The van der Waals surface area contributed by atoms with Gasteiger partial charge in [-0.15, -0.1) is 0 Å². The molecule has 0 bridgehead atoms. The molecule has 1 rings (SSSR count). The molecule has 0 saturated heterocycles. The van der Waals surface area contributed by atoms with E-state index < -0.39 is 5.97 Å². The zero-order valence-electron chi connectivity index (χ0n) is 7.99. The van der Waals surface area contributed by atoms with Crippen LogP contribution in [0.5, 0.6) is 0 Å². The molecule has 5 heteroatoms. The monoisotopic (exact) mass is 258 g/mol. The highest BCUT2D eigenvalue weighted by Crippen LogP contribution is 2.18. The number of hydrogen-bond donors (Lipinski definition) is 1. The molecule has 0 aliphatic carbocycles. The van der Waals surface area contributed by atoms with Gasteiger partial charge in [0.2, 0.25) is 0 Å². The minimum absolute atomic E-state index is 0.374. The molecule has 0 radical (unpaired) electrons. The van der Waals surface area contributed by atoms with Crippen molar-refractivity contribution in [2.24, 2.45) is 7.05 Å². The Kier molecular flexibility index (Phi) is 3.46. The lowest BCUT2D eigenvalue weighted by Gasteiger charge is -1.95. The number of halogens is 1. The summed E-state index contributed by atoms with van der Waals surface area (Å²) in [5, 5.41) is 12.9. The third-order valence-electron chi connectivity index (χ3n) is 1.79. The van der Waals surface area contributed by atoms with Crippen molar-refractivity contribution in [2.75, 3.05) is 0 Å². The van der Waals surface area contributed by atoms with Crippen molar-refractivity contribution in [3.63, 3.8) is 0 Å². The minimum Gasteiger partial charge on any atom is -0.478 e. The Morgan fingerprint density at radius 3 is 2.79 bits per heavy atom. The van der Waals surface area contributed by atoms with Crippen LogP contribution in [0.4, 0.5) is 0 Å². The molecule has 4 nitrogen and oxygen atoms in total. The van der Waals surface area contributed by atoms with E-state index in [0.717, 1.165) is 5.56 Å². The fraction of sp³-hybridized carbons (Fsp3) is 0.333. The number of aliphatic carboxylic acids is 1. The van der Waals surface area contributed by atoms with Crippen molar-refractivity contribution in [2.45, 2.75) is 13.3 Å². The molecule has 76 valence electrons. The van der Waals surface area contributed by atoms with Crippen LogP contribution < -0.4 is 0 Å². The van der Waals surface area contributed by atoms with Gasteiger partial charge < -0.3 is 5.11 Å². The number of carboxylic acids is 1. The second kappa shape index (κ2) is 4.41. The Morgan fingerprint density at radius 1 is 1.79 bits per heavy atom.